The van der Waals surface area contributed by atoms with Gasteiger partial charge in [0.2, 0.25) is 0 Å². The van der Waals surface area contributed by atoms with E-state index in [0.717, 1.165) is 11.6 Å². The van der Waals surface area contributed by atoms with Crippen LogP contribution in [-0.2, 0) is 6.42 Å². The molecule has 0 aliphatic rings. The SMILES string of the molecule is CNC(Cc1cc(F)cc(F)c1)c1cccnc1N. The summed E-state index contributed by atoms with van der Waals surface area (Å²) >= 11 is 0. The molecule has 0 bridgehead atoms. The van der Waals surface area contributed by atoms with Gasteiger partial charge in [0.25, 0.3) is 0 Å². The minimum atomic E-state index is -0.580. The molecule has 19 heavy (non-hydrogen) atoms. The lowest BCUT2D eigenvalue weighted by Gasteiger charge is -2.18. The number of aromatic nitrogens is 1. The van der Waals surface area contributed by atoms with E-state index in [4.69, 9.17) is 5.73 Å². The molecule has 3 nitrogen and oxygen atoms in total. The van der Waals surface area contributed by atoms with E-state index in [1.54, 1.807) is 19.3 Å². The van der Waals surface area contributed by atoms with Gasteiger partial charge >= 0.3 is 0 Å². The summed E-state index contributed by atoms with van der Waals surface area (Å²) in [4.78, 5) is 4.01. The number of benzene rings is 1. The van der Waals surface area contributed by atoms with Crippen LogP contribution in [0.25, 0.3) is 0 Å². The molecule has 1 unspecified atom stereocenters. The minimum Gasteiger partial charge on any atom is -0.383 e. The third-order valence-electron chi connectivity index (χ3n) is 2.96. The quantitative estimate of drug-likeness (QED) is 0.890. The van der Waals surface area contributed by atoms with Gasteiger partial charge in [-0.15, -0.1) is 0 Å². The Kier molecular flexibility index (Phi) is 4.06. The van der Waals surface area contributed by atoms with Crippen LogP contribution in [-0.4, -0.2) is 12.0 Å². The van der Waals surface area contributed by atoms with E-state index < -0.39 is 11.6 Å². The number of rotatable bonds is 4. The van der Waals surface area contributed by atoms with Gasteiger partial charge in [0.05, 0.1) is 0 Å². The molecule has 0 aliphatic heterocycles. The van der Waals surface area contributed by atoms with E-state index in [-0.39, 0.29) is 6.04 Å². The summed E-state index contributed by atoms with van der Waals surface area (Å²) in [5.74, 6) is -0.744. The Balaban J connectivity index is 2.26. The summed E-state index contributed by atoms with van der Waals surface area (Å²) < 4.78 is 26.3. The molecule has 2 rings (SSSR count). The van der Waals surface area contributed by atoms with E-state index in [0.29, 0.717) is 17.8 Å². The largest absolute Gasteiger partial charge is 0.383 e. The first-order valence-corrected chi connectivity index (χ1v) is 5.92. The van der Waals surface area contributed by atoms with Gasteiger partial charge < -0.3 is 11.1 Å². The van der Waals surface area contributed by atoms with Crippen LogP contribution in [0.5, 0.6) is 0 Å². The number of anilines is 1. The number of nitrogen functional groups attached to an aromatic ring is 1. The van der Waals surface area contributed by atoms with Gasteiger partial charge in [-0.3, -0.25) is 0 Å². The fraction of sp³-hybridized carbons (Fsp3) is 0.214. The lowest BCUT2D eigenvalue weighted by Crippen LogP contribution is -2.20. The Morgan fingerprint density at radius 3 is 2.53 bits per heavy atom. The molecule has 1 aromatic carbocycles. The van der Waals surface area contributed by atoms with E-state index >= 15 is 0 Å². The third-order valence-corrected chi connectivity index (χ3v) is 2.96. The molecule has 0 amide bonds. The lowest BCUT2D eigenvalue weighted by molar-refractivity contribution is 0.562. The molecule has 3 N–H and O–H groups in total. The van der Waals surface area contributed by atoms with Crippen LogP contribution in [0.15, 0.2) is 36.5 Å². The van der Waals surface area contributed by atoms with Gasteiger partial charge in [-0.05, 0) is 37.2 Å². The van der Waals surface area contributed by atoms with E-state index in [2.05, 4.69) is 10.3 Å². The van der Waals surface area contributed by atoms with Crippen LogP contribution < -0.4 is 11.1 Å². The smallest absolute Gasteiger partial charge is 0.128 e. The predicted octanol–water partition coefficient (Wildman–Crippen LogP) is 2.45. The number of pyridine rings is 1. The number of nitrogens with zero attached hydrogens (tertiary/aromatic N) is 1. The maximum absolute atomic E-state index is 13.2. The normalized spacial score (nSPS) is 12.4. The standard InChI is InChI=1S/C14H15F2N3/c1-18-13(12-3-2-4-19-14(12)17)7-9-5-10(15)8-11(16)6-9/h2-6,8,13,18H,7H2,1H3,(H2,17,19). The van der Waals surface area contributed by atoms with Crippen molar-refractivity contribution in [3.63, 3.8) is 0 Å². The highest BCUT2D eigenvalue weighted by Crippen LogP contribution is 2.22. The summed E-state index contributed by atoms with van der Waals surface area (Å²) in [5, 5.41) is 3.08. The third kappa shape index (κ3) is 3.26. The first kappa shape index (κ1) is 13.4. The van der Waals surface area contributed by atoms with Crippen molar-refractivity contribution in [3.8, 4) is 0 Å². The molecule has 0 fully saturated rings. The zero-order valence-corrected chi connectivity index (χ0v) is 10.5. The Morgan fingerprint density at radius 1 is 1.26 bits per heavy atom. The lowest BCUT2D eigenvalue weighted by atomic mass is 9.99. The summed E-state index contributed by atoms with van der Waals surface area (Å²) in [6.45, 7) is 0. The van der Waals surface area contributed by atoms with Gasteiger partial charge in [0.15, 0.2) is 0 Å². The van der Waals surface area contributed by atoms with Crippen molar-refractivity contribution in [3.05, 3.63) is 59.3 Å². The summed E-state index contributed by atoms with van der Waals surface area (Å²) in [6, 6.07) is 6.98. The van der Waals surface area contributed by atoms with Crippen LogP contribution in [0, 0.1) is 11.6 Å². The number of hydrogen-bond acceptors (Lipinski definition) is 3. The van der Waals surface area contributed by atoms with Crippen LogP contribution in [0.2, 0.25) is 0 Å². The maximum atomic E-state index is 13.2. The van der Waals surface area contributed by atoms with E-state index in [1.165, 1.54) is 12.1 Å². The second kappa shape index (κ2) is 5.75. The van der Waals surface area contributed by atoms with Crippen molar-refractivity contribution >= 4 is 5.82 Å². The van der Waals surface area contributed by atoms with Crippen LogP contribution in [0.1, 0.15) is 17.2 Å². The molecule has 0 saturated carbocycles. The number of halogens is 2. The molecule has 100 valence electrons. The van der Waals surface area contributed by atoms with Gasteiger partial charge in [0.1, 0.15) is 17.5 Å². The molecule has 2 aromatic rings. The number of hydrogen-bond donors (Lipinski definition) is 2. The van der Waals surface area contributed by atoms with Gasteiger partial charge in [0, 0.05) is 23.9 Å². The average Bonchev–Trinajstić information content (AvgIpc) is 2.36. The zero-order chi connectivity index (χ0) is 13.8. The summed E-state index contributed by atoms with van der Waals surface area (Å²) in [6.07, 6.45) is 2.04. The van der Waals surface area contributed by atoms with Gasteiger partial charge in [-0.2, -0.15) is 0 Å². The molecule has 1 atom stereocenters. The van der Waals surface area contributed by atoms with Crippen molar-refractivity contribution in [2.75, 3.05) is 12.8 Å². The highest BCUT2D eigenvalue weighted by molar-refractivity contribution is 5.41. The van der Waals surface area contributed by atoms with Crippen LogP contribution in [0.4, 0.5) is 14.6 Å². The molecular weight excluding hydrogens is 248 g/mol. The first-order valence-electron chi connectivity index (χ1n) is 5.92. The minimum absolute atomic E-state index is 0.144. The molecule has 1 heterocycles. The summed E-state index contributed by atoms with van der Waals surface area (Å²) in [7, 11) is 1.77. The molecule has 1 aromatic heterocycles. The highest BCUT2D eigenvalue weighted by atomic mass is 19.1. The molecule has 5 heteroatoms. The van der Waals surface area contributed by atoms with Gasteiger partial charge in [-0.1, -0.05) is 6.07 Å². The second-order valence-corrected chi connectivity index (χ2v) is 4.30. The van der Waals surface area contributed by atoms with Crippen molar-refractivity contribution in [2.45, 2.75) is 12.5 Å². The second-order valence-electron chi connectivity index (χ2n) is 4.30. The molecule has 0 spiro atoms. The Bertz CT molecular complexity index is 552. The first-order chi connectivity index (χ1) is 9.10. The van der Waals surface area contributed by atoms with Crippen molar-refractivity contribution in [1.29, 1.82) is 0 Å². The monoisotopic (exact) mass is 263 g/mol. The van der Waals surface area contributed by atoms with Crippen molar-refractivity contribution < 1.29 is 8.78 Å². The summed E-state index contributed by atoms with van der Waals surface area (Å²) in [5.41, 5.74) is 7.20. The van der Waals surface area contributed by atoms with Gasteiger partial charge in [-0.25, -0.2) is 13.8 Å². The number of nitrogens with one attached hydrogen (secondary N) is 1. The fourth-order valence-corrected chi connectivity index (χ4v) is 2.06. The van der Waals surface area contributed by atoms with Crippen LogP contribution in [0.3, 0.4) is 0 Å². The predicted molar refractivity (Wildman–Crippen MR) is 70.5 cm³/mol. The van der Waals surface area contributed by atoms with E-state index in [9.17, 15) is 8.78 Å². The maximum Gasteiger partial charge on any atom is 0.128 e. The Morgan fingerprint density at radius 2 is 1.95 bits per heavy atom. The molecule has 0 aliphatic carbocycles. The average molecular weight is 263 g/mol. The Hall–Kier alpha value is -2.01. The van der Waals surface area contributed by atoms with Crippen molar-refractivity contribution in [2.24, 2.45) is 0 Å². The number of nitrogens with two attached hydrogens (primary N) is 1. The zero-order valence-electron chi connectivity index (χ0n) is 10.5. The fourth-order valence-electron chi connectivity index (χ4n) is 2.06. The Labute approximate surface area is 110 Å². The topological polar surface area (TPSA) is 50.9 Å². The molecule has 0 radical (unpaired) electrons. The highest BCUT2D eigenvalue weighted by Gasteiger charge is 2.14. The number of likely N-dealkylation sites (N-methyl/N-ethyl adjacent to an activating group) is 1. The molecule has 0 saturated heterocycles. The van der Waals surface area contributed by atoms with Crippen molar-refractivity contribution in [1.82, 2.24) is 10.3 Å². The molecular formula is C14H15F2N3. The van der Waals surface area contributed by atoms with E-state index in [1.807, 2.05) is 6.07 Å². The van der Waals surface area contributed by atoms with Crippen LogP contribution >= 0.6 is 0 Å².